The molecule has 1 aromatic carbocycles. The molecule has 17 heavy (non-hydrogen) atoms. The van der Waals surface area contributed by atoms with Gasteiger partial charge in [0.05, 0.1) is 12.1 Å². The molecule has 0 spiro atoms. The van der Waals surface area contributed by atoms with E-state index >= 15 is 0 Å². The lowest BCUT2D eigenvalue weighted by Crippen LogP contribution is -2.06. The quantitative estimate of drug-likeness (QED) is 0.792. The van der Waals surface area contributed by atoms with Crippen LogP contribution in [0.5, 0.6) is 5.75 Å². The highest BCUT2D eigenvalue weighted by molar-refractivity contribution is 9.10. The molecule has 0 saturated carbocycles. The van der Waals surface area contributed by atoms with Crippen LogP contribution in [0, 0.1) is 0 Å². The number of rotatable bonds is 5. The van der Waals surface area contributed by atoms with Gasteiger partial charge in [-0.05, 0) is 31.2 Å². The Morgan fingerprint density at radius 1 is 1.24 bits per heavy atom. The van der Waals surface area contributed by atoms with Gasteiger partial charge in [0.25, 0.3) is 0 Å². The first-order valence-electron chi connectivity index (χ1n) is 5.56. The maximum atomic E-state index is 5.69. The number of benzene rings is 1. The van der Waals surface area contributed by atoms with Crippen LogP contribution in [0.15, 0.2) is 34.9 Å². The molecule has 1 aromatic heterocycles. The van der Waals surface area contributed by atoms with E-state index in [2.05, 4.69) is 20.9 Å². The second-order valence-corrected chi connectivity index (χ2v) is 4.43. The van der Waals surface area contributed by atoms with E-state index in [4.69, 9.17) is 9.47 Å². The van der Waals surface area contributed by atoms with E-state index < -0.39 is 0 Å². The molecular formula is C13H14BrNO2. The summed E-state index contributed by atoms with van der Waals surface area (Å²) in [4.78, 5) is 4.30. The third-order valence-corrected chi connectivity index (χ3v) is 2.85. The highest BCUT2D eigenvalue weighted by Gasteiger charge is 2.03. The average Bonchev–Trinajstić information content (AvgIpc) is 2.35. The monoisotopic (exact) mass is 295 g/mol. The van der Waals surface area contributed by atoms with Gasteiger partial charge in [-0.25, -0.2) is 0 Å². The molecule has 0 aliphatic heterocycles. The molecule has 3 nitrogen and oxygen atoms in total. The second kappa shape index (κ2) is 5.98. The summed E-state index contributed by atoms with van der Waals surface area (Å²) in [5, 5.41) is 1.01. The Morgan fingerprint density at radius 2 is 2.12 bits per heavy atom. The van der Waals surface area contributed by atoms with Gasteiger partial charge in [-0.15, -0.1) is 0 Å². The maximum absolute atomic E-state index is 5.69. The number of aromatic nitrogens is 1. The second-order valence-electron chi connectivity index (χ2n) is 3.52. The fourth-order valence-corrected chi connectivity index (χ4v) is 1.94. The molecule has 0 unspecified atom stereocenters. The third kappa shape index (κ3) is 3.17. The summed E-state index contributed by atoms with van der Waals surface area (Å²) < 4.78 is 12.0. The number of nitrogens with zero attached hydrogens (tertiary/aromatic N) is 1. The van der Waals surface area contributed by atoms with Gasteiger partial charge < -0.3 is 9.47 Å². The third-order valence-electron chi connectivity index (χ3n) is 2.35. The molecule has 0 fully saturated rings. The van der Waals surface area contributed by atoms with E-state index in [0.29, 0.717) is 19.8 Å². The van der Waals surface area contributed by atoms with Crippen LogP contribution in [-0.4, -0.2) is 24.8 Å². The lowest BCUT2D eigenvalue weighted by molar-refractivity contribution is 0.111. The first-order valence-corrected chi connectivity index (χ1v) is 6.35. The largest absolute Gasteiger partial charge is 0.490 e. The summed E-state index contributed by atoms with van der Waals surface area (Å²) in [5.41, 5.74) is 0.933. The fraction of sp³-hybridized carbons (Fsp3) is 0.308. The molecule has 0 atom stereocenters. The van der Waals surface area contributed by atoms with E-state index in [-0.39, 0.29) is 0 Å². The van der Waals surface area contributed by atoms with Gasteiger partial charge in [0.2, 0.25) is 0 Å². The standard InChI is InChI=1S/C13H14BrNO2/c1-2-16-7-8-17-13-5-6-15-12-4-3-10(14)9-11(12)13/h3-6,9H,2,7-8H2,1H3. The predicted octanol–water partition coefficient (Wildman–Crippen LogP) is 3.41. The maximum Gasteiger partial charge on any atom is 0.130 e. The summed E-state index contributed by atoms with van der Waals surface area (Å²) in [6.07, 6.45) is 1.76. The van der Waals surface area contributed by atoms with Crippen molar-refractivity contribution < 1.29 is 9.47 Å². The molecule has 4 heteroatoms. The minimum absolute atomic E-state index is 0.555. The Morgan fingerprint density at radius 3 is 2.94 bits per heavy atom. The van der Waals surface area contributed by atoms with Crippen molar-refractivity contribution in [2.45, 2.75) is 6.92 Å². The molecule has 0 radical (unpaired) electrons. The molecular weight excluding hydrogens is 282 g/mol. The number of pyridine rings is 1. The van der Waals surface area contributed by atoms with Crippen molar-refractivity contribution in [3.8, 4) is 5.75 Å². The summed E-state index contributed by atoms with van der Waals surface area (Å²) in [6, 6.07) is 7.83. The molecule has 0 saturated heterocycles. The molecule has 2 aromatic rings. The molecule has 0 N–H and O–H groups in total. The normalized spacial score (nSPS) is 10.7. The van der Waals surface area contributed by atoms with Crippen LogP contribution in [0.4, 0.5) is 0 Å². The van der Waals surface area contributed by atoms with Gasteiger partial charge >= 0.3 is 0 Å². The molecule has 0 bridgehead atoms. The van der Waals surface area contributed by atoms with Crippen LogP contribution in [-0.2, 0) is 4.74 Å². The van der Waals surface area contributed by atoms with Crippen LogP contribution in [0.25, 0.3) is 10.9 Å². The van der Waals surface area contributed by atoms with E-state index in [0.717, 1.165) is 21.1 Å². The Kier molecular flexibility index (Phi) is 4.34. The smallest absolute Gasteiger partial charge is 0.130 e. The minimum Gasteiger partial charge on any atom is -0.490 e. The van der Waals surface area contributed by atoms with Crippen LogP contribution < -0.4 is 4.74 Å². The fourth-order valence-electron chi connectivity index (χ4n) is 1.57. The number of hydrogen-bond donors (Lipinski definition) is 0. The van der Waals surface area contributed by atoms with Gasteiger partial charge in [0, 0.05) is 22.7 Å². The number of fused-ring (bicyclic) bond motifs is 1. The Hall–Kier alpha value is -1.13. The van der Waals surface area contributed by atoms with Crippen molar-refractivity contribution in [2.24, 2.45) is 0 Å². The summed E-state index contributed by atoms with van der Waals surface area (Å²) in [5.74, 6) is 0.844. The van der Waals surface area contributed by atoms with Crippen LogP contribution >= 0.6 is 15.9 Å². The molecule has 90 valence electrons. The van der Waals surface area contributed by atoms with E-state index in [9.17, 15) is 0 Å². The molecule has 0 amide bonds. The average molecular weight is 296 g/mol. The van der Waals surface area contributed by atoms with Crippen molar-refractivity contribution in [3.05, 3.63) is 34.9 Å². The molecule has 1 heterocycles. The van der Waals surface area contributed by atoms with Crippen LogP contribution in [0.2, 0.25) is 0 Å². The van der Waals surface area contributed by atoms with Crippen molar-refractivity contribution in [3.63, 3.8) is 0 Å². The van der Waals surface area contributed by atoms with Gasteiger partial charge in [-0.1, -0.05) is 15.9 Å². The van der Waals surface area contributed by atoms with Crippen molar-refractivity contribution in [1.29, 1.82) is 0 Å². The Labute approximate surface area is 109 Å². The zero-order valence-electron chi connectivity index (χ0n) is 9.65. The van der Waals surface area contributed by atoms with Crippen molar-refractivity contribution >= 4 is 26.8 Å². The SMILES string of the molecule is CCOCCOc1ccnc2ccc(Br)cc12. The van der Waals surface area contributed by atoms with Gasteiger partial charge in [0.1, 0.15) is 12.4 Å². The van der Waals surface area contributed by atoms with E-state index in [1.54, 1.807) is 6.20 Å². The van der Waals surface area contributed by atoms with Crippen LogP contribution in [0.1, 0.15) is 6.92 Å². The van der Waals surface area contributed by atoms with Gasteiger partial charge in [-0.2, -0.15) is 0 Å². The molecule has 0 aliphatic carbocycles. The van der Waals surface area contributed by atoms with E-state index in [1.807, 2.05) is 31.2 Å². The van der Waals surface area contributed by atoms with Gasteiger partial charge in [0.15, 0.2) is 0 Å². The highest BCUT2D eigenvalue weighted by Crippen LogP contribution is 2.26. The summed E-state index contributed by atoms with van der Waals surface area (Å²) in [7, 11) is 0. The lowest BCUT2D eigenvalue weighted by Gasteiger charge is -2.09. The molecule has 0 aliphatic rings. The van der Waals surface area contributed by atoms with Crippen molar-refractivity contribution in [1.82, 2.24) is 4.98 Å². The zero-order valence-corrected chi connectivity index (χ0v) is 11.2. The number of ether oxygens (including phenoxy) is 2. The molecule has 2 rings (SSSR count). The zero-order chi connectivity index (χ0) is 12.1. The Balaban J connectivity index is 2.18. The summed E-state index contributed by atoms with van der Waals surface area (Å²) >= 11 is 3.45. The number of halogens is 1. The first kappa shape index (κ1) is 12.3. The Bertz CT molecular complexity index is 502. The topological polar surface area (TPSA) is 31.4 Å². The predicted molar refractivity (Wildman–Crippen MR) is 71.4 cm³/mol. The van der Waals surface area contributed by atoms with Crippen LogP contribution in [0.3, 0.4) is 0 Å². The van der Waals surface area contributed by atoms with E-state index in [1.165, 1.54) is 0 Å². The lowest BCUT2D eigenvalue weighted by atomic mass is 10.2. The first-order chi connectivity index (χ1) is 8.31. The minimum atomic E-state index is 0.555. The van der Waals surface area contributed by atoms with Gasteiger partial charge in [-0.3, -0.25) is 4.98 Å². The summed E-state index contributed by atoms with van der Waals surface area (Å²) in [6.45, 7) is 3.85. The van der Waals surface area contributed by atoms with Crippen molar-refractivity contribution in [2.75, 3.05) is 19.8 Å². The highest BCUT2D eigenvalue weighted by atomic mass is 79.9. The number of hydrogen-bond acceptors (Lipinski definition) is 3.